The van der Waals surface area contributed by atoms with Gasteiger partial charge in [0.2, 0.25) is 0 Å². The van der Waals surface area contributed by atoms with Crippen LogP contribution >= 0.6 is 0 Å². The number of piperidine rings is 1. The van der Waals surface area contributed by atoms with Gasteiger partial charge in [-0.05, 0) is 44.7 Å². The summed E-state index contributed by atoms with van der Waals surface area (Å²) in [7, 11) is 0. The van der Waals surface area contributed by atoms with Crippen LogP contribution in [0.2, 0.25) is 0 Å². The third-order valence-corrected chi connectivity index (χ3v) is 3.56. The van der Waals surface area contributed by atoms with Crippen LogP contribution < -0.4 is 5.32 Å². The lowest BCUT2D eigenvalue weighted by Gasteiger charge is -2.32. The van der Waals surface area contributed by atoms with Crippen LogP contribution in [0.3, 0.4) is 0 Å². The zero-order valence-corrected chi connectivity index (χ0v) is 9.30. The zero-order chi connectivity index (χ0) is 9.80. The zero-order valence-electron chi connectivity index (χ0n) is 9.30. The Bertz CT molecular complexity index is 166. The Hall–Kier alpha value is -0.0800. The van der Waals surface area contributed by atoms with Crippen molar-refractivity contribution in [1.29, 1.82) is 0 Å². The van der Waals surface area contributed by atoms with Crippen LogP contribution in [0, 0.1) is 5.92 Å². The van der Waals surface area contributed by atoms with Gasteiger partial charge in [0.15, 0.2) is 0 Å². The maximum absolute atomic E-state index is 6.16. The van der Waals surface area contributed by atoms with Crippen LogP contribution in [0.15, 0.2) is 0 Å². The van der Waals surface area contributed by atoms with E-state index in [0.29, 0.717) is 12.2 Å². The molecule has 0 bridgehead atoms. The van der Waals surface area contributed by atoms with Gasteiger partial charge in [-0.1, -0.05) is 19.8 Å². The van der Waals surface area contributed by atoms with E-state index in [4.69, 9.17) is 4.74 Å². The first-order chi connectivity index (χ1) is 6.84. The predicted molar refractivity (Wildman–Crippen MR) is 58.4 cm³/mol. The Morgan fingerprint density at radius 2 is 1.79 bits per heavy atom. The first-order valence-electron chi connectivity index (χ1n) is 6.21. The van der Waals surface area contributed by atoms with E-state index in [-0.39, 0.29) is 0 Å². The van der Waals surface area contributed by atoms with Crippen LogP contribution in [0.1, 0.15) is 45.4 Å². The predicted octanol–water partition coefficient (Wildman–Crippen LogP) is 2.33. The molecule has 82 valence electrons. The molecule has 1 N–H and O–H groups in total. The van der Waals surface area contributed by atoms with E-state index >= 15 is 0 Å². The second-order valence-electron chi connectivity index (χ2n) is 4.98. The quantitative estimate of drug-likeness (QED) is 0.733. The second-order valence-corrected chi connectivity index (χ2v) is 4.98. The molecule has 0 aromatic heterocycles. The molecule has 1 aliphatic heterocycles. The Labute approximate surface area is 87.4 Å². The van der Waals surface area contributed by atoms with Gasteiger partial charge in [-0.2, -0.15) is 0 Å². The number of hydrogen-bond acceptors (Lipinski definition) is 2. The highest BCUT2D eigenvalue weighted by molar-refractivity contribution is 4.75. The fraction of sp³-hybridized carbons (Fsp3) is 1.00. The van der Waals surface area contributed by atoms with Crippen molar-refractivity contribution in [3.8, 4) is 0 Å². The average molecular weight is 197 g/mol. The SMILES string of the molecule is CC1CCCC(OC2CCNCC2)C1. The molecule has 14 heavy (non-hydrogen) atoms. The van der Waals surface area contributed by atoms with Gasteiger partial charge in [-0.15, -0.1) is 0 Å². The molecule has 1 aliphatic carbocycles. The first kappa shape index (κ1) is 10.4. The van der Waals surface area contributed by atoms with Crippen molar-refractivity contribution < 1.29 is 4.74 Å². The molecule has 1 saturated carbocycles. The molecule has 2 fully saturated rings. The molecule has 1 saturated heterocycles. The van der Waals surface area contributed by atoms with E-state index < -0.39 is 0 Å². The highest BCUT2D eigenvalue weighted by atomic mass is 16.5. The summed E-state index contributed by atoms with van der Waals surface area (Å²) in [6.45, 7) is 4.65. The molecule has 0 aromatic carbocycles. The second kappa shape index (κ2) is 5.13. The summed E-state index contributed by atoms with van der Waals surface area (Å²) < 4.78 is 6.16. The molecule has 0 amide bonds. The van der Waals surface area contributed by atoms with Gasteiger partial charge < -0.3 is 10.1 Å². The highest BCUT2D eigenvalue weighted by Gasteiger charge is 2.23. The third-order valence-electron chi connectivity index (χ3n) is 3.56. The molecule has 2 aliphatic rings. The summed E-state index contributed by atoms with van der Waals surface area (Å²) in [5, 5.41) is 3.38. The lowest BCUT2D eigenvalue weighted by molar-refractivity contribution is -0.0499. The monoisotopic (exact) mass is 197 g/mol. The van der Waals surface area contributed by atoms with E-state index in [1.807, 2.05) is 0 Å². The summed E-state index contributed by atoms with van der Waals surface area (Å²) in [4.78, 5) is 0. The lowest BCUT2D eigenvalue weighted by atomic mass is 9.88. The summed E-state index contributed by atoms with van der Waals surface area (Å²) in [5.74, 6) is 0.885. The van der Waals surface area contributed by atoms with Gasteiger partial charge in [0.1, 0.15) is 0 Å². The van der Waals surface area contributed by atoms with Gasteiger partial charge >= 0.3 is 0 Å². The van der Waals surface area contributed by atoms with Gasteiger partial charge in [-0.25, -0.2) is 0 Å². The maximum Gasteiger partial charge on any atom is 0.0603 e. The molecule has 2 unspecified atom stereocenters. The van der Waals surface area contributed by atoms with Crippen molar-refractivity contribution in [2.75, 3.05) is 13.1 Å². The molecule has 1 heterocycles. The standard InChI is InChI=1S/C12H23NO/c1-10-3-2-4-12(9-10)14-11-5-7-13-8-6-11/h10-13H,2-9H2,1H3. The lowest BCUT2D eigenvalue weighted by Crippen LogP contribution is -2.36. The van der Waals surface area contributed by atoms with Crippen LogP contribution in [-0.4, -0.2) is 25.3 Å². The smallest absolute Gasteiger partial charge is 0.0603 e. The molecule has 2 atom stereocenters. The van der Waals surface area contributed by atoms with Crippen LogP contribution in [-0.2, 0) is 4.74 Å². The van der Waals surface area contributed by atoms with Crippen LogP contribution in [0.4, 0.5) is 0 Å². The van der Waals surface area contributed by atoms with Crippen molar-refractivity contribution >= 4 is 0 Å². The summed E-state index contributed by atoms with van der Waals surface area (Å²) in [6, 6.07) is 0. The average Bonchev–Trinajstić information content (AvgIpc) is 2.19. The number of rotatable bonds is 2. The molecule has 0 aromatic rings. The molecule has 2 heteroatoms. The first-order valence-corrected chi connectivity index (χ1v) is 6.21. The van der Waals surface area contributed by atoms with Gasteiger partial charge in [-0.3, -0.25) is 0 Å². The molecule has 0 spiro atoms. The summed E-state index contributed by atoms with van der Waals surface area (Å²) in [5.41, 5.74) is 0. The summed E-state index contributed by atoms with van der Waals surface area (Å²) >= 11 is 0. The number of ether oxygens (including phenoxy) is 1. The molecular formula is C12H23NO. The minimum Gasteiger partial charge on any atom is -0.375 e. The minimum atomic E-state index is 0.548. The van der Waals surface area contributed by atoms with Crippen LogP contribution in [0.25, 0.3) is 0 Å². The van der Waals surface area contributed by atoms with Crippen molar-refractivity contribution in [2.45, 2.75) is 57.7 Å². The maximum atomic E-state index is 6.16. The molecule has 2 nitrogen and oxygen atoms in total. The van der Waals surface area contributed by atoms with Crippen molar-refractivity contribution in [3.05, 3.63) is 0 Å². The highest BCUT2D eigenvalue weighted by Crippen LogP contribution is 2.27. The largest absolute Gasteiger partial charge is 0.375 e. The van der Waals surface area contributed by atoms with E-state index in [1.165, 1.54) is 38.5 Å². The van der Waals surface area contributed by atoms with Gasteiger partial charge in [0, 0.05) is 0 Å². The number of nitrogens with one attached hydrogen (secondary N) is 1. The Morgan fingerprint density at radius 3 is 2.50 bits per heavy atom. The number of hydrogen-bond donors (Lipinski definition) is 1. The van der Waals surface area contributed by atoms with Crippen molar-refractivity contribution in [2.24, 2.45) is 5.92 Å². The fourth-order valence-corrected chi connectivity index (χ4v) is 2.71. The van der Waals surface area contributed by atoms with E-state index in [2.05, 4.69) is 12.2 Å². The van der Waals surface area contributed by atoms with E-state index in [0.717, 1.165) is 19.0 Å². The summed E-state index contributed by atoms with van der Waals surface area (Å²) in [6.07, 6.45) is 8.92. The fourth-order valence-electron chi connectivity index (χ4n) is 2.71. The van der Waals surface area contributed by atoms with Crippen molar-refractivity contribution in [3.63, 3.8) is 0 Å². The van der Waals surface area contributed by atoms with Gasteiger partial charge in [0.25, 0.3) is 0 Å². The van der Waals surface area contributed by atoms with Crippen molar-refractivity contribution in [1.82, 2.24) is 5.32 Å². The Morgan fingerprint density at radius 1 is 1.00 bits per heavy atom. The minimum absolute atomic E-state index is 0.548. The molecule has 0 radical (unpaired) electrons. The van der Waals surface area contributed by atoms with Crippen LogP contribution in [0.5, 0.6) is 0 Å². The molecular weight excluding hydrogens is 174 g/mol. The van der Waals surface area contributed by atoms with E-state index in [1.54, 1.807) is 0 Å². The Kier molecular flexibility index (Phi) is 3.82. The molecule has 2 rings (SSSR count). The van der Waals surface area contributed by atoms with E-state index in [9.17, 15) is 0 Å². The topological polar surface area (TPSA) is 21.3 Å². The van der Waals surface area contributed by atoms with Gasteiger partial charge in [0.05, 0.1) is 12.2 Å². The third kappa shape index (κ3) is 2.96. The normalized spacial score (nSPS) is 35.8. The Balaban J connectivity index is 1.72.